The number of primary amides is 1. The van der Waals surface area contributed by atoms with Crippen molar-refractivity contribution in [2.45, 2.75) is 0 Å². The Morgan fingerprint density at radius 2 is 2.43 bits per heavy atom. The minimum Gasteiger partial charge on any atom is -0.351 e. The number of carbonyl (C=O) groups excluding carboxylic acids is 2. The summed E-state index contributed by atoms with van der Waals surface area (Å²) in [6, 6.07) is -0.894. The fourth-order valence-corrected chi connectivity index (χ4v) is 0.740. The maximum Gasteiger partial charge on any atom is 0.346 e. The number of aliphatic imine (C=N–C) groups is 1. The lowest BCUT2D eigenvalue weighted by Gasteiger charge is -2.01. The van der Waals surface area contributed by atoms with E-state index < -0.39 is 11.7 Å². The van der Waals surface area contributed by atoms with E-state index in [1.807, 2.05) is 0 Å². The molecule has 0 unspecified atom stereocenters. The molecule has 0 radical (unpaired) electrons. The molecule has 0 spiro atoms. The molecule has 0 aliphatic carbocycles. The van der Waals surface area contributed by atoms with Crippen LogP contribution in [0.4, 0.5) is 16.3 Å². The number of anilines is 1. The van der Waals surface area contributed by atoms with Gasteiger partial charge in [0.05, 0.1) is 6.20 Å². The molecule has 0 aliphatic rings. The van der Waals surface area contributed by atoms with Crippen LogP contribution in [0.25, 0.3) is 0 Å². The van der Waals surface area contributed by atoms with Crippen molar-refractivity contribution in [3.8, 4) is 0 Å². The van der Waals surface area contributed by atoms with Gasteiger partial charge in [-0.2, -0.15) is 9.98 Å². The van der Waals surface area contributed by atoms with Crippen LogP contribution >= 0.6 is 0 Å². The van der Waals surface area contributed by atoms with Gasteiger partial charge in [0.2, 0.25) is 6.08 Å². The number of nitrogens with one attached hydrogen (secondary N) is 2. The predicted octanol–water partition coefficient (Wildman–Crippen LogP) is -0.772. The highest BCUT2D eigenvalue weighted by Gasteiger charge is 2.04. The molecule has 0 fully saturated rings. The lowest BCUT2D eigenvalue weighted by Crippen LogP contribution is -2.22. The van der Waals surface area contributed by atoms with Crippen LogP contribution in [0.1, 0.15) is 0 Å². The van der Waals surface area contributed by atoms with Crippen LogP contribution in [-0.2, 0) is 4.79 Å². The second kappa shape index (κ2) is 3.97. The molecule has 1 aromatic rings. The third kappa shape index (κ3) is 2.26. The predicted molar refractivity (Wildman–Crippen MR) is 45.8 cm³/mol. The minimum atomic E-state index is -0.894. The van der Waals surface area contributed by atoms with Crippen molar-refractivity contribution in [3.63, 3.8) is 0 Å². The third-order valence-corrected chi connectivity index (χ3v) is 1.21. The summed E-state index contributed by atoms with van der Waals surface area (Å²) in [7, 11) is 0. The standard InChI is InChI=1S/C6H5N5O3/c7-5(13)10-4-3(9-2-12)1-8-6(14)11-4/h1H,(H4,7,8,10,11,13,14). The highest BCUT2D eigenvalue weighted by molar-refractivity contribution is 5.89. The molecule has 8 nitrogen and oxygen atoms in total. The van der Waals surface area contributed by atoms with Crippen LogP contribution < -0.4 is 16.7 Å². The second-order valence-corrected chi connectivity index (χ2v) is 2.14. The Labute approximate surface area is 76.9 Å². The third-order valence-electron chi connectivity index (χ3n) is 1.21. The zero-order valence-corrected chi connectivity index (χ0v) is 6.77. The molecular formula is C6H5N5O3. The molecule has 4 N–H and O–H groups in total. The van der Waals surface area contributed by atoms with E-state index in [4.69, 9.17) is 5.73 Å². The molecule has 1 rings (SSSR count). The number of aromatic nitrogens is 2. The number of nitrogens with two attached hydrogens (primary N) is 1. The SMILES string of the molecule is NC(=O)Nc1[nH]c(=O)ncc1N=C=O. The van der Waals surface area contributed by atoms with Crippen LogP contribution in [0, 0.1) is 0 Å². The summed E-state index contributed by atoms with van der Waals surface area (Å²) in [6.45, 7) is 0. The van der Waals surface area contributed by atoms with E-state index in [0.29, 0.717) is 0 Å². The lowest BCUT2D eigenvalue weighted by molar-refractivity contribution is 0.259. The first-order chi connectivity index (χ1) is 6.63. The van der Waals surface area contributed by atoms with Crippen molar-refractivity contribution in [2.24, 2.45) is 10.7 Å². The van der Waals surface area contributed by atoms with Gasteiger partial charge in [-0.1, -0.05) is 0 Å². The van der Waals surface area contributed by atoms with Crippen molar-refractivity contribution < 1.29 is 9.59 Å². The number of hydrogen-bond donors (Lipinski definition) is 3. The smallest absolute Gasteiger partial charge is 0.346 e. The molecule has 72 valence electrons. The summed E-state index contributed by atoms with van der Waals surface area (Å²) in [5, 5.41) is 2.07. The molecule has 1 aromatic heterocycles. The van der Waals surface area contributed by atoms with Crippen LogP contribution in [0.15, 0.2) is 16.0 Å². The molecule has 0 aliphatic heterocycles. The number of isocyanates is 1. The maximum atomic E-state index is 10.7. The summed E-state index contributed by atoms with van der Waals surface area (Å²) in [5.74, 6) is -0.0964. The Bertz CT molecular complexity index is 459. The van der Waals surface area contributed by atoms with Gasteiger partial charge < -0.3 is 5.73 Å². The number of amides is 2. The van der Waals surface area contributed by atoms with E-state index in [1.54, 1.807) is 0 Å². The zero-order chi connectivity index (χ0) is 10.6. The maximum absolute atomic E-state index is 10.7. The number of rotatable bonds is 2. The lowest BCUT2D eigenvalue weighted by atomic mass is 10.5. The molecule has 2 amide bonds. The van der Waals surface area contributed by atoms with Crippen LogP contribution in [0.3, 0.4) is 0 Å². The topological polar surface area (TPSA) is 130 Å². The van der Waals surface area contributed by atoms with Gasteiger partial charge in [-0.3, -0.25) is 10.3 Å². The molecule has 1 heterocycles. The molecule has 0 saturated heterocycles. The van der Waals surface area contributed by atoms with Crippen molar-refractivity contribution in [1.29, 1.82) is 0 Å². The summed E-state index contributed by atoms with van der Waals surface area (Å²) < 4.78 is 0. The summed E-state index contributed by atoms with van der Waals surface area (Å²) >= 11 is 0. The van der Waals surface area contributed by atoms with E-state index >= 15 is 0 Å². The first-order valence-electron chi connectivity index (χ1n) is 3.37. The van der Waals surface area contributed by atoms with Crippen molar-refractivity contribution in [1.82, 2.24) is 9.97 Å². The number of urea groups is 1. The Morgan fingerprint density at radius 1 is 1.71 bits per heavy atom. The van der Waals surface area contributed by atoms with Crippen LogP contribution in [0.2, 0.25) is 0 Å². The highest BCUT2D eigenvalue weighted by Crippen LogP contribution is 2.17. The average Bonchev–Trinajstić information content (AvgIpc) is 2.09. The van der Waals surface area contributed by atoms with Crippen molar-refractivity contribution in [2.75, 3.05) is 5.32 Å². The van der Waals surface area contributed by atoms with Gasteiger partial charge in [-0.15, -0.1) is 0 Å². The highest BCUT2D eigenvalue weighted by atomic mass is 16.2. The largest absolute Gasteiger partial charge is 0.351 e. The molecular weight excluding hydrogens is 190 g/mol. The van der Waals surface area contributed by atoms with E-state index in [1.165, 1.54) is 6.08 Å². The average molecular weight is 195 g/mol. The van der Waals surface area contributed by atoms with E-state index in [2.05, 4.69) is 20.3 Å². The summed E-state index contributed by atoms with van der Waals surface area (Å²) in [6.07, 6.45) is 2.25. The Balaban J connectivity index is 3.21. The first-order valence-corrected chi connectivity index (χ1v) is 3.37. The summed E-state index contributed by atoms with van der Waals surface area (Å²) in [4.78, 5) is 39.8. The number of nitrogens with zero attached hydrogens (tertiary/aromatic N) is 2. The number of hydrogen-bond acceptors (Lipinski definition) is 5. The van der Waals surface area contributed by atoms with Gasteiger partial charge in [0, 0.05) is 0 Å². The summed E-state index contributed by atoms with van der Waals surface area (Å²) in [5.41, 5.74) is 4.08. The van der Waals surface area contributed by atoms with Crippen LogP contribution in [-0.4, -0.2) is 22.1 Å². The van der Waals surface area contributed by atoms with Gasteiger partial charge in [0.25, 0.3) is 0 Å². The second-order valence-electron chi connectivity index (χ2n) is 2.14. The quantitative estimate of drug-likeness (QED) is 0.422. The van der Waals surface area contributed by atoms with Crippen molar-refractivity contribution >= 4 is 23.6 Å². The fourth-order valence-electron chi connectivity index (χ4n) is 0.740. The Hall–Kier alpha value is -2.47. The fraction of sp³-hybridized carbons (Fsp3) is 0. The number of aromatic amines is 1. The van der Waals surface area contributed by atoms with E-state index in [0.717, 1.165) is 6.20 Å². The molecule has 14 heavy (non-hydrogen) atoms. The van der Waals surface area contributed by atoms with E-state index in [9.17, 15) is 14.4 Å². The van der Waals surface area contributed by atoms with Gasteiger partial charge in [0.1, 0.15) is 11.5 Å². The molecule has 0 saturated carbocycles. The number of H-pyrrole nitrogens is 1. The number of carbonyl (C=O) groups is 1. The minimum absolute atomic E-state index is 0.0293. The van der Waals surface area contributed by atoms with E-state index in [-0.39, 0.29) is 11.5 Å². The Morgan fingerprint density at radius 3 is 3.00 bits per heavy atom. The first kappa shape index (κ1) is 9.62. The molecule has 0 aromatic carbocycles. The normalized spacial score (nSPS) is 8.86. The van der Waals surface area contributed by atoms with Gasteiger partial charge in [0.15, 0.2) is 0 Å². The molecule has 8 heteroatoms. The monoisotopic (exact) mass is 195 g/mol. The molecule has 0 bridgehead atoms. The van der Waals surface area contributed by atoms with Gasteiger partial charge >= 0.3 is 11.7 Å². The molecule has 0 atom stereocenters. The zero-order valence-electron chi connectivity index (χ0n) is 6.77. The van der Waals surface area contributed by atoms with Gasteiger partial charge in [-0.25, -0.2) is 14.4 Å². The van der Waals surface area contributed by atoms with Crippen LogP contribution in [0.5, 0.6) is 0 Å². The van der Waals surface area contributed by atoms with Crippen molar-refractivity contribution in [3.05, 3.63) is 16.7 Å². The Kier molecular flexibility index (Phi) is 2.72. The van der Waals surface area contributed by atoms with Gasteiger partial charge in [-0.05, 0) is 0 Å².